The van der Waals surface area contributed by atoms with Gasteiger partial charge in [0.2, 0.25) is 5.91 Å². The van der Waals surface area contributed by atoms with Crippen LogP contribution in [0.2, 0.25) is 0 Å². The summed E-state index contributed by atoms with van der Waals surface area (Å²) in [6.07, 6.45) is -4.62. The molecule has 1 heterocycles. The number of amides is 1. The van der Waals surface area contributed by atoms with Crippen molar-refractivity contribution in [3.63, 3.8) is 0 Å². The molecule has 0 saturated heterocycles. The number of nitrogens with zero attached hydrogens (tertiary/aromatic N) is 2. The minimum absolute atomic E-state index is 0.137. The number of rotatable bonds is 3. The molecular weight excluding hydrogens is 379 g/mol. The number of phenolic OH excluding ortho intramolecular Hbond substituents is 1. The summed E-state index contributed by atoms with van der Waals surface area (Å²) in [5.74, 6) is -0.735. The SMILES string of the molecule is Cc1c(Br)c(C(F)(F)F)nn1C(C)C(=O)Nc1ccccc1O. The quantitative estimate of drug-likeness (QED) is 0.780. The zero-order valence-electron chi connectivity index (χ0n) is 12.1. The van der Waals surface area contributed by atoms with Crippen LogP contribution < -0.4 is 5.32 Å². The van der Waals surface area contributed by atoms with Crippen molar-refractivity contribution in [2.75, 3.05) is 5.32 Å². The van der Waals surface area contributed by atoms with Crippen LogP contribution in [0, 0.1) is 6.92 Å². The highest BCUT2D eigenvalue weighted by atomic mass is 79.9. The number of carbonyl (C=O) groups excluding carboxylic acids is 1. The fraction of sp³-hybridized carbons (Fsp3) is 0.286. The van der Waals surface area contributed by atoms with Crippen molar-refractivity contribution >= 4 is 27.5 Å². The zero-order chi connectivity index (χ0) is 17.4. The number of carbonyl (C=O) groups is 1. The molecule has 0 radical (unpaired) electrons. The second-order valence-electron chi connectivity index (χ2n) is 4.87. The molecule has 2 rings (SSSR count). The van der Waals surface area contributed by atoms with E-state index in [4.69, 9.17) is 0 Å². The van der Waals surface area contributed by atoms with Crippen LogP contribution in [0.3, 0.4) is 0 Å². The summed E-state index contributed by atoms with van der Waals surface area (Å²) in [5, 5.41) is 15.6. The minimum Gasteiger partial charge on any atom is -0.506 e. The second-order valence-corrected chi connectivity index (χ2v) is 5.67. The van der Waals surface area contributed by atoms with Gasteiger partial charge in [-0.05, 0) is 41.9 Å². The molecular formula is C14H13BrF3N3O2. The van der Waals surface area contributed by atoms with Crippen molar-refractivity contribution in [1.82, 2.24) is 9.78 Å². The van der Waals surface area contributed by atoms with Gasteiger partial charge in [0, 0.05) is 0 Å². The molecule has 1 amide bonds. The Kier molecular flexibility index (Phi) is 4.69. The van der Waals surface area contributed by atoms with E-state index in [1.807, 2.05) is 0 Å². The Bertz CT molecular complexity index is 743. The molecule has 1 aromatic carbocycles. The molecule has 1 unspecified atom stereocenters. The monoisotopic (exact) mass is 391 g/mol. The number of halogens is 4. The molecule has 0 saturated carbocycles. The van der Waals surface area contributed by atoms with Crippen LogP contribution in [-0.4, -0.2) is 20.8 Å². The van der Waals surface area contributed by atoms with Gasteiger partial charge in [-0.25, -0.2) is 0 Å². The van der Waals surface area contributed by atoms with Crippen LogP contribution in [0.1, 0.15) is 24.4 Å². The summed E-state index contributed by atoms with van der Waals surface area (Å²) in [7, 11) is 0. The molecule has 2 aromatic rings. The van der Waals surface area contributed by atoms with E-state index in [0.717, 1.165) is 4.68 Å². The number of para-hydroxylation sites is 2. The number of nitrogens with one attached hydrogen (secondary N) is 1. The number of phenols is 1. The molecule has 9 heteroatoms. The smallest absolute Gasteiger partial charge is 0.436 e. The van der Waals surface area contributed by atoms with Gasteiger partial charge in [-0.3, -0.25) is 9.48 Å². The van der Waals surface area contributed by atoms with Crippen molar-refractivity contribution in [2.24, 2.45) is 0 Å². The van der Waals surface area contributed by atoms with Gasteiger partial charge in [0.1, 0.15) is 11.8 Å². The van der Waals surface area contributed by atoms with E-state index in [2.05, 4.69) is 26.3 Å². The van der Waals surface area contributed by atoms with Crippen LogP contribution >= 0.6 is 15.9 Å². The second kappa shape index (κ2) is 6.23. The highest BCUT2D eigenvalue weighted by Gasteiger charge is 2.39. The van der Waals surface area contributed by atoms with E-state index >= 15 is 0 Å². The summed E-state index contributed by atoms with van der Waals surface area (Å²) in [6, 6.07) is 5.06. The molecule has 23 heavy (non-hydrogen) atoms. The van der Waals surface area contributed by atoms with Gasteiger partial charge >= 0.3 is 6.18 Å². The first-order chi connectivity index (χ1) is 10.6. The zero-order valence-corrected chi connectivity index (χ0v) is 13.7. The minimum atomic E-state index is -4.62. The number of aromatic hydroxyl groups is 1. The Morgan fingerprint density at radius 2 is 2.00 bits per heavy atom. The summed E-state index contributed by atoms with van der Waals surface area (Å²) in [4.78, 5) is 12.2. The summed E-state index contributed by atoms with van der Waals surface area (Å²) in [6.45, 7) is 2.85. The lowest BCUT2D eigenvalue weighted by Gasteiger charge is -2.15. The lowest BCUT2D eigenvalue weighted by Crippen LogP contribution is -2.25. The molecule has 5 nitrogen and oxygen atoms in total. The highest BCUT2D eigenvalue weighted by molar-refractivity contribution is 9.10. The predicted octanol–water partition coefficient (Wildman–Crippen LogP) is 3.88. The van der Waals surface area contributed by atoms with Gasteiger partial charge in [0.05, 0.1) is 15.9 Å². The third-order valence-electron chi connectivity index (χ3n) is 3.25. The predicted molar refractivity (Wildman–Crippen MR) is 81.1 cm³/mol. The summed E-state index contributed by atoms with van der Waals surface area (Å²) < 4.78 is 39.4. The van der Waals surface area contributed by atoms with Crippen molar-refractivity contribution in [3.8, 4) is 5.75 Å². The van der Waals surface area contributed by atoms with Gasteiger partial charge < -0.3 is 10.4 Å². The van der Waals surface area contributed by atoms with Gasteiger partial charge in [0.15, 0.2) is 5.69 Å². The molecule has 1 atom stereocenters. The highest BCUT2D eigenvalue weighted by Crippen LogP contribution is 2.36. The topological polar surface area (TPSA) is 67.2 Å². The molecule has 0 aliphatic carbocycles. The van der Waals surface area contributed by atoms with E-state index in [0.29, 0.717) is 0 Å². The van der Waals surface area contributed by atoms with E-state index in [1.165, 1.54) is 26.0 Å². The number of aromatic nitrogens is 2. The summed E-state index contributed by atoms with van der Waals surface area (Å²) >= 11 is 2.86. The van der Waals surface area contributed by atoms with Crippen molar-refractivity contribution in [2.45, 2.75) is 26.1 Å². The fourth-order valence-corrected chi connectivity index (χ4v) is 2.47. The Morgan fingerprint density at radius 3 is 2.52 bits per heavy atom. The van der Waals surface area contributed by atoms with Crippen LogP contribution in [0.5, 0.6) is 5.75 Å². The maximum Gasteiger partial charge on any atom is 0.436 e. The third kappa shape index (κ3) is 3.49. The molecule has 0 spiro atoms. The number of benzene rings is 1. The number of hydrogen-bond donors (Lipinski definition) is 2. The van der Waals surface area contributed by atoms with E-state index in [9.17, 15) is 23.1 Å². The van der Waals surface area contributed by atoms with E-state index in [1.54, 1.807) is 12.1 Å². The van der Waals surface area contributed by atoms with Gasteiger partial charge in [-0.15, -0.1) is 0 Å². The van der Waals surface area contributed by atoms with Crippen LogP contribution in [-0.2, 0) is 11.0 Å². The molecule has 124 valence electrons. The lowest BCUT2D eigenvalue weighted by molar-refractivity contribution is -0.142. The average molecular weight is 392 g/mol. The fourth-order valence-electron chi connectivity index (χ4n) is 1.98. The summed E-state index contributed by atoms with van der Waals surface area (Å²) in [5.41, 5.74) is -0.737. The van der Waals surface area contributed by atoms with E-state index in [-0.39, 0.29) is 21.6 Å². The Morgan fingerprint density at radius 1 is 1.39 bits per heavy atom. The first-order valence-electron chi connectivity index (χ1n) is 6.53. The van der Waals surface area contributed by atoms with Gasteiger partial charge in [0.25, 0.3) is 0 Å². The Labute approximate surface area is 138 Å². The Balaban J connectivity index is 2.29. The van der Waals surface area contributed by atoms with Crippen LogP contribution in [0.15, 0.2) is 28.7 Å². The maximum absolute atomic E-state index is 12.9. The number of alkyl halides is 3. The number of anilines is 1. The lowest BCUT2D eigenvalue weighted by atomic mass is 10.2. The van der Waals surface area contributed by atoms with E-state index < -0.39 is 23.8 Å². The van der Waals surface area contributed by atoms with Crippen LogP contribution in [0.4, 0.5) is 18.9 Å². The standard InChI is InChI=1S/C14H13BrF3N3O2/c1-7-11(15)12(14(16,17)18)20-21(7)8(2)13(23)19-9-5-3-4-6-10(9)22/h3-6,8,22H,1-2H3,(H,19,23). The molecule has 0 fully saturated rings. The third-order valence-corrected chi connectivity index (χ3v) is 4.20. The molecule has 0 aliphatic heterocycles. The molecule has 1 aromatic heterocycles. The normalized spacial score (nSPS) is 13.0. The number of hydrogen-bond acceptors (Lipinski definition) is 3. The first-order valence-corrected chi connectivity index (χ1v) is 7.33. The first kappa shape index (κ1) is 17.3. The molecule has 0 aliphatic rings. The largest absolute Gasteiger partial charge is 0.506 e. The van der Waals surface area contributed by atoms with Gasteiger partial charge in [-0.2, -0.15) is 18.3 Å². The molecule has 0 bridgehead atoms. The van der Waals surface area contributed by atoms with Crippen molar-refractivity contribution < 1.29 is 23.1 Å². The van der Waals surface area contributed by atoms with Crippen molar-refractivity contribution in [1.29, 1.82) is 0 Å². The maximum atomic E-state index is 12.9. The molecule has 2 N–H and O–H groups in total. The van der Waals surface area contributed by atoms with Gasteiger partial charge in [-0.1, -0.05) is 12.1 Å². The Hall–Kier alpha value is -2.03. The van der Waals surface area contributed by atoms with Crippen LogP contribution in [0.25, 0.3) is 0 Å². The average Bonchev–Trinajstić information content (AvgIpc) is 2.77. The van der Waals surface area contributed by atoms with Crippen molar-refractivity contribution in [3.05, 3.63) is 40.1 Å².